The van der Waals surface area contributed by atoms with Crippen molar-refractivity contribution in [3.63, 3.8) is 0 Å². The Labute approximate surface area is 106 Å². The highest BCUT2D eigenvalue weighted by molar-refractivity contribution is 5.90. The van der Waals surface area contributed by atoms with E-state index in [1.54, 1.807) is 29.2 Å². The minimum atomic E-state index is -0.448. The van der Waals surface area contributed by atoms with Crippen molar-refractivity contribution in [2.24, 2.45) is 0 Å². The van der Waals surface area contributed by atoms with Gasteiger partial charge in [0.15, 0.2) is 0 Å². The normalized spacial score (nSPS) is 19.1. The predicted molar refractivity (Wildman–Crippen MR) is 67.0 cm³/mol. The molecule has 1 aromatic rings. The number of para-hydroxylation sites is 1. The first-order valence-corrected chi connectivity index (χ1v) is 5.94. The van der Waals surface area contributed by atoms with Crippen LogP contribution in [0.3, 0.4) is 0 Å². The molecule has 5 nitrogen and oxygen atoms in total. The summed E-state index contributed by atoms with van der Waals surface area (Å²) in [6.07, 6.45) is 1.09. The van der Waals surface area contributed by atoms with E-state index < -0.39 is 6.10 Å². The number of anilines is 1. The lowest BCUT2D eigenvalue weighted by Crippen LogP contribution is -2.44. The molecule has 0 saturated carbocycles. The zero-order valence-corrected chi connectivity index (χ0v) is 9.97. The van der Waals surface area contributed by atoms with Crippen LogP contribution in [0.15, 0.2) is 24.3 Å². The summed E-state index contributed by atoms with van der Waals surface area (Å²) in [5.41, 5.74) is 0.938. The molecular formula is C13H15N3O2. The average molecular weight is 245 g/mol. The lowest BCUT2D eigenvalue weighted by atomic mass is 10.1. The van der Waals surface area contributed by atoms with Crippen LogP contribution in [-0.4, -0.2) is 35.2 Å². The minimum Gasteiger partial charge on any atom is -0.391 e. The molecule has 5 heteroatoms. The number of β-amino-alcohol motifs (C(OH)–C–C–N with tert-alkyl or cyclic N) is 1. The number of aliphatic hydroxyl groups is 1. The van der Waals surface area contributed by atoms with Crippen LogP contribution in [-0.2, 0) is 0 Å². The highest BCUT2D eigenvalue weighted by atomic mass is 16.3. The number of carbonyl (C=O) groups is 1. The minimum absolute atomic E-state index is 0.267. The molecule has 0 bridgehead atoms. The molecule has 1 fully saturated rings. The van der Waals surface area contributed by atoms with Gasteiger partial charge in [0.2, 0.25) is 0 Å². The van der Waals surface area contributed by atoms with Crippen LogP contribution in [0.25, 0.3) is 0 Å². The Morgan fingerprint density at radius 3 is 3.00 bits per heavy atom. The van der Waals surface area contributed by atoms with Crippen LogP contribution in [0.5, 0.6) is 0 Å². The number of nitrogens with zero attached hydrogens (tertiary/aromatic N) is 2. The maximum Gasteiger partial charge on any atom is 0.321 e. The highest BCUT2D eigenvalue weighted by Crippen LogP contribution is 2.16. The van der Waals surface area contributed by atoms with Crippen molar-refractivity contribution in [3.8, 4) is 6.07 Å². The number of hydrogen-bond acceptors (Lipinski definition) is 3. The van der Waals surface area contributed by atoms with Crippen LogP contribution in [0.4, 0.5) is 10.5 Å². The average Bonchev–Trinajstić information content (AvgIpc) is 2.39. The van der Waals surface area contributed by atoms with Gasteiger partial charge >= 0.3 is 6.03 Å². The lowest BCUT2D eigenvalue weighted by Gasteiger charge is -2.30. The lowest BCUT2D eigenvalue weighted by molar-refractivity contribution is 0.0883. The standard InChI is InChI=1S/C13H15N3O2/c14-8-10-4-1-2-6-12(10)15-13(18)16-7-3-5-11(17)9-16/h1-2,4,6,11,17H,3,5,7,9H2,(H,15,18). The molecule has 1 unspecified atom stereocenters. The third-order valence-corrected chi connectivity index (χ3v) is 2.97. The fourth-order valence-corrected chi connectivity index (χ4v) is 2.02. The molecule has 1 saturated heterocycles. The van der Waals surface area contributed by atoms with E-state index in [9.17, 15) is 9.90 Å². The summed E-state index contributed by atoms with van der Waals surface area (Å²) < 4.78 is 0. The number of rotatable bonds is 1. The summed E-state index contributed by atoms with van der Waals surface area (Å²) in [6, 6.07) is 8.62. The second kappa shape index (κ2) is 5.52. The molecule has 0 radical (unpaired) electrons. The second-order valence-corrected chi connectivity index (χ2v) is 4.33. The Morgan fingerprint density at radius 2 is 2.28 bits per heavy atom. The molecule has 2 rings (SSSR count). The summed E-state index contributed by atoms with van der Waals surface area (Å²) in [7, 11) is 0. The Morgan fingerprint density at radius 1 is 1.50 bits per heavy atom. The van der Waals surface area contributed by atoms with Gasteiger partial charge in [0, 0.05) is 13.1 Å². The van der Waals surface area contributed by atoms with Gasteiger partial charge in [-0.15, -0.1) is 0 Å². The molecule has 1 aliphatic heterocycles. The highest BCUT2D eigenvalue weighted by Gasteiger charge is 2.22. The van der Waals surface area contributed by atoms with E-state index in [0.29, 0.717) is 24.3 Å². The van der Waals surface area contributed by atoms with Gasteiger partial charge in [0.05, 0.1) is 17.4 Å². The molecule has 2 N–H and O–H groups in total. The van der Waals surface area contributed by atoms with Crippen molar-refractivity contribution in [1.29, 1.82) is 5.26 Å². The first-order chi connectivity index (χ1) is 8.70. The topological polar surface area (TPSA) is 76.4 Å². The van der Waals surface area contributed by atoms with Gasteiger partial charge in [-0.1, -0.05) is 12.1 Å². The van der Waals surface area contributed by atoms with E-state index >= 15 is 0 Å². The number of aliphatic hydroxyl groups excluding tert-OH is 1. The summed E-state index contributed by atoms with van der Waals surface area (Å²) in [5.74, 6) is 0. The fraction of sp³-hybridized carbons (Fsp3) is 0.385. The molecule has 0 spiro atoms. The summed E-state index contributed by atoms with van der Waals surface area (Å²) in [4.78, 5) is 13.5. The zero-order chi connectivity index (χ0) is 13.0. The van der Waals surface area contributed by atoms with Crippen LogP contribution in [0.2, 0.25) is 0 Å². The van der Waals surface area contributed by atoms with Crippen molar-refractivity contribution < 1.29 is 9.90 Å². The Hall–Kier alpha value is -2.06. The second-order valence-electron chi connectivity index (χ2n) is 4.33. The maximum absolute atomic E-state index is 12.0. The first-order valence-electron chi connectivity index (χ1n) is 5.94. The largest absolute Gasteiger partial charge is 0.391 e. The zero-order valence-electron chi connectivity index (χ0n) is 9.97. The van der Waals surface area contributed by atoms with Crippen LogP contribution in [0, 0.1) is 11.3 Å². The van der Waals surface area contributed by atoms with E-state index in [-0.39, 0.29) is 6.03 Å². The van der Waals surface area contributed by atoms with Crippen LogP contribution < -0.4 is 5.32 Å². The van der Waals surface area contributed by atoms with Crippen molar-refractivity contribution in [3.05, 3.63) is 29.8 Å². The van der Waals surface area contributed by atoms with Gasteiger partial charge in [-0.2, -0.15) is 5.26 Å². The number of carbonyl (C=O) groups excluding carboxylic acids is 1. The predicted octanol–water partition coefficient (Wildman–Crippen LogP) is 1.55. The smallest absolute Gasteiger partial charge is 0.321 e. The summed E-state index contributed by atoms with van der Waals surface area (Å²) in [5, 5.41) is 21.2. The molecule has 2 amide bonds. The van der Waals surface area contributed by atoms with E-state index in [2.05, 4.69) is 5.32 Å². The van der Waals surface area contributed by atoms with E-state index in [1.807, 2.05) is 6.07 Å². The Kier molecular flexibility index (Phi) is 3.80. The number of likely N-dealkylation sites (tertiary alicyclic amines) is 1. The van der Waals surface area contributed by atoms with E-state index in [0.717, 1.165) is 12.8 Å². The SMILES string of the molecule is N#Cc1ccccc1NC(=O)N1CCCC(O)C1. The molecule has 1 atom stereocenters. The fourth-order valence-electron chi connectivity index (χ4n) is 2.02. The quantitative estimate of drug-likeness (QED) is 0.788. The molecule has 0 aromatic heterocycles. The van der Waals surface area contributed by atoms with Gasteiger partial charge in [-0.25, -0.2) is 4.79 Å². The van der Waals surface area contributed by atoms with Gasteiger partial charge in [0.25, 0.3) is 0 Å². The molecule has 1 heterocycles. The number of benzene rings is 1. The van der Waals surface area contributed by atoms with Crippen molar-refractivity contribution >= 4 is 11.7 Å². The molecule has 1 aliphatic rings. The van der Waals surface area contributed by atoms with Gasteiger partial charge < -0.3 is 15.3 Å². The number of hydrogen-bond donors (Lipinski definition) is 2. The number of piperidine rings is 1. The Bertz CT molecular complexity index is 481. The Balaban J connectivity index is 2.05. The maximum atomic E-state index is 12.0. The van der Waals surface area contributed by atoms with Crippen molar-refractivity contribution in [2.45, 2.75) is 18.9 Å². The third kappa shape index (κ3) is 2.79. The summed E-state index contributed by atoms with van der Waals surface area (Å²) >= 11 is 0. The van der Waals surface area contributed by atoms with Crippen molar-refractivity contribution in [1.82, 2.24) is 4.90 Å². The molecule has 18 heavy (non-hydrogen) atoms. The number of urea groups is 1. The third-order valence-electron chi connectivity index (χ3n) is 2.97. The van der Waals surface area contributed by atoms with Gasteiger partial charge in [-0.3, -0.25) is 0 Å². The van der Waals surface area contributed by atoms with Crippen LogP contribution in [0.1, 0.15) is 18.4 Å². The molecule has 94 valence electrons. The summed E-state index contributed by atoms with van der Waals surface area (Å²) in [6.45, 7) is 0.984. The van der Waals surface area contributed by atoms with E-state index in [1.165, 1.54) is 0 Å². The number of nitrogens with one attached hydrogen (secondary N) is 1. The monoisotopic (exact) mass is 245 g/mol. The van der Waals surface area contributed by atoms with Gasteiger partial charge in [0.1, 0.15) is 6.07 Å². The number of amides is 2. The van der Waals surface area contributed by atoms with Crippen LogP contribution >= 0.6 is 0 Å². The number of nitriles is 1. The molecular weight excluding hydrogens is 230 g/mol. The molecule has 1 aromatic carbocycles. The molecule has 0 aliphatic carbocycles. The van der Waals surface area contributed by atoms with Crippen molar-refractivity contribution in [2.75, 3.05) is 18.4 Å². The van der Waals surface area contributed by atoms with Gasteiger partial charge in [-0.05, 0) is 25.0 Å². The van der Waals surface area contributed by atoms with E-state index in [4.69, 9.17) is 5.26 Å². The first kappa shape index (κ1) is 12.4.